The number of rotatable bonds is 8. The summed E-state index contributed by atoms with van der Waals surface area (Å²) < 4.78 is 2.25. The van der Waals surface area contributed by atoms with E-state index in [1.54, 1.807) is 18.2 Å². The van der Waals surface area contributed by atoms with Gasteiger partial charge in [0.15, 0.2) is 0 Å². The quantitative estimate of drug-likeness (QED) is 0.160. The van der Waals surface area contributed by atoms with E-state index in [1.165, 1.54) is 33.4 Å². The van der Waals surface area contributed by atoms with Crippen molar-refractivity contribution >= 4 is 38.9 Å². The Labute approximate surface area is 377 Å². The lowest BCUT2D eigenvalue weighted by Crippen LogP contribution is -2.28. The molecule has 1 heterocycles. The van der Waals surface area contributed by atoms with Crippen LogP contribution >= 0.6 is 0 Å². The number of para-hydroxylation sites is 1. The molecule has 12 rings (SSSR count). The number of hydrogen-bond donors (Lipinski definition) is 2. The van der Waals surface area contributed by atoms with Crippen molar-refractivity contribution < 1.29 is 10.2 Å². The Bertz CT molecular complexity index is 3490. The van der Waals surface area contributed by atoms with Crippen molar-refractivity contribution in [2.24, 2.45) is 0 Å². The van der Waals surface area contributed by atoms with Gasteiger partial charge in [0, 0.05) is 33.5 Å². The first kappa shape index (κ1) is 38.1. The highest BCUT2D eigenvalue weighted by Gasteiger charge is 2.46. The fraction of sp³-hybridized carbons (Fsp3) is 0.0164. The Morgan fingerprint density at radius 1 is 0.338 bits per heavy atom. The van der Waals surface area contributed by atoms with Gasteiger partial charge in [-0.1, -0.05) is 146 Å². The molecule has 0 spiro atoms. The molecule has 0 fully saturated rings. The molecule has 2 N–H and O–H groups in total. The fourth-order valence-corrected chi connectivity index (χ4v) is 10.3. The number of anilines is 3. The van der Waals surface area contributed by atoms with E-state index in [1.807, 2.05) is 30.3 Å². The SMILES string of the molecule is Oc1ccc(N(c2ccc(-c3ccc4c(c3)C(c3ccccc3)(c3ccccc3)c3ccccc3-4)cc2)c2ccc(-c3ccc4c(c3)c3cc(O)ccc3n4-c3ccccc3)cc2)cc1. The average molecular weight is 835 g/mol. The summed E-state index contributed by atoms with van der Waals surface area (Å²) in [6.45, 7) is 0. The van der Waals surface area contributed by atoms with Crippen LogP contribution in [0.25, 0.3) is 60.9 Å². The maximum Gasteiger partial charge on any atom is 0.116 e. The zero-order valence-corrected chi connectivity index (χ0v) is 35.4. The molecule has 0 aliphatic heterocycles. The lowest BCUT2D eigenvalue weighted by Gasteiger charge is -2.34. The molecule has 0 bridgehead atoms. The predicted octanol–water partition coefficient (Wildman–Crippen LogP) is 15.4. The van der Waals surface area contributed by atoms with Crippen molar-refractivity contribution in [3.63, 3.8) is 0 Å². The number of phenolic OH excluding ortho intramolecular Hbond substituents is 2. The Morgan fingerprint density at radius 2 is 0.785 bits per heavy atom. The van der Waals surface area contributed by atoms with E-state index < -0.39 is 5.41 Å². The van der Waals surface area contributed by atoms with Gasteiger partial charge >= 0.3 is 0 Å². The standard InChI is InChI=1S/C61H42N2O2/c64-51-32-30-50(31-33-51)62(48-26-20-41(21-27-48)43-25-36-59-55(38-43)56-40-52(65)34-37-60(56)63(59)47-16-8-3-9-17-47)49-28-22-42(23-29-49)44-24-35-54-53-18-10-11-19-57(53)61(58(54)39-44,45-12-4-1-5-13-45)46-14-6-2-7-15-46/h1-40,64-65H. The van der Waals surface area contributed by atoms with Gasteiger partial charge in [0.2, 0.25) is 0 Å². The summed E-state index contributed by atoms with van der Waals surface area (Å²) in [5.41, 5.74) is 17.7. The molecule has 0 saturated carbocycles. The summed E-state index contributed by atoms with van der Waals surface area (Å²) in [6.07, 6.45) is 0. The molecule has 11 aromatic rings. The third-order valence-electron chi connectivity index (χ3n) is 13.2. The summed E-state index contributed by atoms with van der Waals surface area (Å²) in [5, 5.41) is 22.9. The van der Waals surface area contributed by atoms with Crippen molar-refractivity contribution in [1.29, 1.82) is 0 Å². The summed E-state index contributed by atoms with van der Waals surface area (Å²) >= 11 is 0. The van der Waals surface area contributed by atoms with Gasteiger partial charge < -0.3 is 19.7 Å². The van der Waals surface area contributed by atoms with Crippen molar-refractivity contribution in [3.8, 4) is 50.6 Å². The fourth-order valence-electron chi connectivity index (χ4n) is 10.3. The van der Waals surface area contributed by atoms with E-state index in [0.717, 1.165) is 66.8 Å². The topological polar surface area (TPSA) is 48.6 Å². The second kappa shape index (κ2) is 15.3. The van der Waals surface area contributed by atoms with E-state index in [9.17, 15) is 10.2 Å². The van der Waals surface area contributed by atoms with Gasteiger partial charge in [0.25, 0.3) is 0 Å². The Hall–Kier alpha value is -8.60. The number of nitrogens with zero attached hydrogens (tertiary/aromatic N) is 2. The van der Waals surface area contributed by atoms with E-state index in [-0.39, 0.29) is 11.5 Å². The maximum absolute atomic E-state index is 10.5. The summed E-state index contributed by atoms with van der Waals surface area (Å²) in [7, 11) is 0. The van der Waals surface area contributed by atoms with Crippen LogP contribution in [0.4, 0.5) is 17.1 Å². The van der Waals surface area contributed by atoms with Crippen LogP contribution in [0.15, 0.2) is 243 Å². The normalized spacial score (nSPS) is 12.6. The third-order valence-corrected chi connectivity index (χ3v) is 13.2. The zero-order chi connectivity index (χ0) is 43.5. The Kier molecular flexibility index (Phi) is 8.99. The second-order valence-electron chi connectivity index (χ2n) is 16.8. The minimum Gasteiger partial charge on any atom is -0.508 e. The van der Waals surface area contributed by atoms with Crippen LogP contribution in [0.1, 0.15) is 22.3 Å². The van der Waals surface area contributed by atoms with Gasteiger partial charge in [-0.15, -0.1) is 0 Å². The molecule has 308 valence electrons. The lowest BCUT2D eigenvalue weighted by molar-refractivity contribution is 0.475. The molecule has 0 radical (unpaired) electrons. The van der Waals surface area contributed by atoms with Crippen molar-refractivity contribution in [2.75, 3.05) is 4.90 Å². The van der Waals surface area contributed by atoms with Gasteiger partial charge in [0.05, 0.1) is 16.4 Å². The first-order chi connectivity index (χ1) is 32.0. The van der Waals surface area contributed by atoms with E-state index in [4.69, 9.17) is 0 Å². The molecule has 0 atom stereocenters. The van der Waals surface area contributed by atoms with Crippen molar-refractivity contribution in [2.45, 2.75) is 5.41 Å². The van der Waals surface area contributed by atoms with Crippen LogP contribution in [-0.4, -0.2) is 14.8 Å². The van der Waals surface area contributed by atoms with Crippen LogP contribution in [0.5, 0.6) is 11.5 Å². The van der Waals surface area contributed by atoms with Crippen molar-refractivity contribution in [1.82, 2.24) is 4.57 Å². The number of fused-ring (bicyclic) bond motifs is 6. The largest absolute Gasteiger partial charge is 0.508 e. The minimum atomic E-state index is -0.470. The van der Waals surface area contributed by atoms with Crippen LogP contribution in [0.3, 0.4) is 0 Å². The van der Waals surface area contributed by atoms with Crippen LogP contribution in [0.2, 0.25) is 0 Å². The maximum atomic E-state index is 10.5. The van der Waals surface area contributed by atoms with Gasteiger partial charge in [-0.25, -0.2) is 0 Å². The predicted molar refractivity (Wildman–Crippen MR) is 267 cm³/mol. The van der Waals surface area contributed by atoms with Crippen LogP contribution < -0.4 is 4.90 Å². The van der Waals surface area contributed by atoms with E-state index in [0.29, 0.717) is 0 Å². The highest BCUT2D eigenvalue weighted by Crippen LogP contribution is 2.56. The molecule has 1 aliphatic rings. The third kappa shape index (κ3) is 6.22. The lowest BCUT2D eigenvalue weighted by atomic mass is 9.67. The average Bonchev–Trinajstić information content (AvgIpc) is 3.85. The molecular formula is C61H42N2O2. The number of aromatic hydroxyl groups is 2. The van der Waals surface area contributed by atoms with Gasteiger partial charge in [0.1, 0.15) is 11.5 Å². The van der Waals surface area contributed by atoms with Crippen LogP contribution in [0, 0.1) is 0 Å². The highest BCUT2D eigenvalue weighted by molar-refractivity contribution is 6.11. The minimum absolute atomic E-state index is 0.220. The highest BCUT2D eigenvalue weighted by atomic mass is 16.3. The number of aromatic nitrogens is 1. The monoisotopic (exact) mass is 834 g/mol. The molecule has 10 aromatic carbocycles. The zero-order valence-electron chi connectivity index (χ0n) is 35.4. The molecule has 0 saturated heterocycles. The molecule has 0 unspecified atom stereocenters. The molecule has 65 heavy (non-hydrogen) atoms. The van der Waals surface area contributed by atoms with E-state index >= 15 is 0 Å². The Morgan fingerprint density at radius 3 is 1.40 bits per heavy atom. The molecule has 1 aliphatic carbocycles. The van der Waals surface area contributed by atoms with Gasteiger partial charge in [-0.3, -0.25) is 0 Å². The summed E-state index contributed by atoms with van der Waals surface area (Å²) in [6, 6.07) is 85.0. The number of phenols is 2. The van der Waals surface area contributed by atoms with E-state index in [2.05, 4.69) is 204 Å². The molecule has 0 amide bonds. The first-order valence-electron chi connectivity index (χ1n) is 22.0. The molecular weight excluding hydrogens is 793 g/mol. The smallest absolute Gasteiger partial charge is 0.116 e. The Balaban J connectivity index is 0.922. The van der Waals surface area contributed by atoms with Gasteiger partial charge in [-0.05, 0) is 153 Å². The van der Waals surface area contributed by atoms with Crippen molar-refractivity contribution in [3.05, 3.63) is 265 Å². The summed E-state index contributed by atoms with van der Waals surface area (Å²) in [4.78, 5) is 2.22. The summed E-state index contributed by atoms with van der Waals surface area (Å²) in [5.74, 6) is 0.464. The second-order valence-corrected chi connectivity index (χ2v) is 16.8. The molecule has 1 aromatic heterocycles. The number of benzene rings is 10. The first-order valence-corrected chi connectivity index (χ1v) is 22.0. The molecule has 4 heteroatoms. The number of hydrogen-bond acceptors (Lipinski definition) is 3. The molecule has 4 nitrogen and oxygen atoms in total. The van der Waals surface area contributed by atoms with Crippen LogP contribution in [-0.2, 0) is 5.41 Å². The van der Waals surface area contributed by atoms with Gasteiger partial charge in [-0.2, -0.15) is 0 Å².